The van der Waals surface area contributed by atoms with Crippen LogP contribution in [0.15, 0.2) is 24.3 Å². The summed E-state index contributed by atoms with van der Waals surface area (Å²) in [5.41, 5.74) is 1.75. The number of hydrogen-bond donors (Lipinski definition) is 1. The van der Waals surface area contributed by atoms with E-state index in [0.717, 1.165) is 31.2 Å². The molecule has 1 amide bonds. The van der Waals surface area contributed by atoms with E-state index in [1.54, 1.807) is 9.21 Å². The molecule has 0 bridgehead atoms. The molecule has 1 saturated heterocycles. The van der Waals surface area contributed by atoms with Gasteiger partial charge in [0.25, 0.3) is 5.91 Å². The van der Waals surface area contributed by atoms with Gasteiger partial charge in [0.1, 0.15) is 0 Å². The van der Waals surface area contributed by atoms with Crippen LogP contribution in [0, 0.1) is 6.92 Å². The number of amides is 1. The van der Waals surface area contributed by atoms with Gasteiger partial charge in [-0.1, -0.05) is 30.5 Å². The van der Waals surface area contributed by atoms with Crippen molar-refractivity contribution in [2.45, 2.75) is 38.6 Å². The Balaban J connectivity index is 1.71. The van der Waals surface area contributed by atoms with Crippen molar-refractivity contribution in [1.82, 2.24) is 14.5 Å². The minimum Gasteiger partial charge on any atom is -0.335 e. The van der Waals surface area contributed by atoms with E-state index in [0.29, 0.717) is 31.7 Å². The molecule has 1 aromatic carbocycles. The Bertz CT molecular complexity index is 706. The zero-order chi connectivity index (χ0) is 18.6. The Labute approximate surface area is 156 Å². The number of sulfonamides is 1. The summed E-state index contributed by atoms with van der Waals surface area (Å²) in [6.07, 6.45) is 4.14. The summed E-state index contributed by atoms with van der Waals surface area (Å²) in [6, 6.07) is 7.69. The number of hydrogen-bond acceptors (Lipinski definition) is 4. The maximum absolute atomic E-state index is 13.0. The first-order chi connectivity index (χ1) is 12.5. The smallest absolute Gasteiger partial charge is 0.254 e. The lowest BCUT2D eigenvalue weighted by molar-refractivity contribution is 0.0694. The third-order valence-corrected chi connectivity index (χ3v) is 7.23. The van der Waals surface area contributed by atoms with E-state index in [2.05, 4.69) is 5.32 Å². The Morgan fingerprint density at radius 1 is 1.15 bits per heavy atom. The van der Waals surface area contributed by atoms with E-state index < -0.39 is 10.0 Å². The van der Waals surface area contributed by atoms with Gasteiger partial charge >= 0.3 is 0 Å². The molecule has 0 atom stereocenters. The van der Waals surface area contributed by atoms with E-state index in [1.165, 1.54) is 0 Å². The predicted molar refractivity (Wildman–Crippen MR) is 103 cm³/mol. The molecular weight excluding hydrogens is 350 g/mol. The molecule has 144 valence electrons. The molecular formula is C19H29N3O3S. The molecule has 2 fully saturated rings. The number of carbonyl (C=O) groups excluding carboxylic acids is 1. The van der Waals surface area contributed by atoms with Crippen LogP contribution in [0.2, 0.25) is 0 Å². The molecule has 1 aromatic rings. The molecule has 1 N–H and O–H groups in total. The number of rotatable bonds is 6. The Hall–Kier alpha value is -1.44. The molecule has 0 aromatic heterocycles. The van der Waals surface area contributed by atoms with Crippen molar-refractivity contribution >= 4 is 15.9 Å². The highest BCUT2D eigenvalue weighted by atomic mass is 32.2. The van der Waals surface area contributed by atoms with Gasteiger partial charge < -0.3 is 10.2 Å². The lowest BCUT2D eigenvalue weighted by Gasteiger charge is -2.31. The highest BCUT2D eigenvalue weighted by molar-refractivity contribution is 7.89. The molecule has 0 unspecified atom stereocenters. The van der Waals surface area contributed by atoms with E-state index in [-0.39, 0.29) is 24.2 Å². The van der Waals surface area contributed by atoms with Crippen LogP contribution < -0.4 is 5.32 Å². The molecule has 0 radical (unpaired) electrons. The zero-order valence-electron chi connectivity index (χ0n) is 15.5. The minimum atomic E-state index is -3.33. The average molecular weight is 380 g/mol. The van der Waals surface area contributed by atoms with Crippen molar-refractivity contribution in [3.63, 3.8) is 0 Å². The molecule has 1 heterocycles. The van der Waals surface area contributed by atoms with Crippen LogP contribution >= 0.6 is 0 Å². The normalized spacial score (nSPS) is 19.6. The summed E-state index contributed by atoms with van der Waals surface area (Å²) in [5.74, 6) is -0.0476. The second-order valence-electron chi connectivity index (χ2n) is 7.27. The van der Waals surface area contributed by atoms with Crippen LogP contribution in [0.25, 0.3) is 0 Å². The fourth-order valence-electron chi connectivity index (χ4n) is 3.79. The third-order valence-electron chi connectivity index (χ3n) is 5.38. The van der Waals surface area contributed by atoms with Gasteiger partial charge in [0.2, 0.25) is 10.0 Å². The Kier molecular flexibility index (Phi) is 6.32. The van der Waals surface area contributed by atoms with Crippen molar-refractivity contribution < 1.29 is 13.2 Å². The van der Waals surface area contributed by atoms with Gasteiger partial charge in [0.15, 0.2) is 0 Å². The number of piperazine rings is 1. The molecule has 0 spiro atoms. The van der Waals surface area contributed by atoms with Gasteiger partial charge in [0, 0.05) is 44.3 Å². The van der Waals surface area contributed by atoms with Crippen LogP contribution in [0.1, 0.15) is 41.6 Å². The standard InChI is InChI=1S/C19H29N3O3S/c1-16-6-8-17(9-7-16)19(23)22(18-4-2-3-5-18)14-15-26(24,25)21-12-10-20-11-13-21/h6-9,18,20H,2-5,10-15H2,1H3. The van der Waals surface area contributed by atoms with Gasteiger partial charge in [-0.3, -0.25) is 4.79 Å². The number of carbonyl (C=O) groups is 1. The second-order valence-corrected chi connectivity index (χ2v) is 9.36. The molecule has 1 aliphatic heterocycles. The fourth-order valence-corrected chi connectivity index (χ4v) is 5.22. The van der Waals surface area contributed by atoms with E-state index >= 15 is 0 Å². The van der Waals surface area contributed by atoms with Crippen molar-refractivity contribution in [3.8, 4) is 0 Å². The van der Waals surface area contributed by atoms with Crippen LogP contribution in [0.4, 0.5) is 0 Å². The molecule has 7 heteroatoms. The van der Waals surface area contributed by atoms with E-state index in [4.69, 9.17) is 0 Å². The van der Waals surface area contributed by atoms with Gasteiger partial charge in [0.05, 0.1) is 5.75 Å². The van der Waals surface area contributed by atoms with Gasteiger partial charge in [-0.15, -0.1) is 0 Å². The number of aryl methyl sites for hydroxylation is 1. The maximum atomic E-state index is 13.0. The third kappa shape index (κ3) is 4.64. The number of nitrogens with one attached hydrogen (secondary N) is 1. The molecule has 1 aliphatic carbocycles. The van der Waals surface area contributed by atoms with E-state index in [9.17, 15) is 13.2 Å². The van der Waals surface area contributed by atoms with Crippen LogP contribution in [-0.2, 0) is 10.0 Å². The quantitative estimate of drug-likeness (QED) is 0.815. The predicted octanol–water partition coefficient (Wildman–Crippen LogP) is 1.61. The second kappa shape index (κ2) is 8.50. The summed E-state index contributed by atoms with van der Waals surface area (Å²) in [4.78, 5) is 14.8. The summed E-state index contributed by atoms with van der Waals surface area (Å²) in [7, 11) is -3.33. The first kappa shape index (κ1) is 19.3. The molecule has 2 aliphatic rings. The van der Waals surface area contributed by atoms with Crippen molar-refractivity contribution in [1.29, 1.82) is 0 Å². The van der Waals surface area contributed by atoms with Gasteiger partial charge in [-0.05, 0) is 31.9 Å². The molecule has 3 rings (SSSR count). The lowest BCUT2D eigenvalue weighted by atomic mass is 10.1. The zero-order valence-corrected chi connectivity index (χ0v) is 16.3. The summed E-state index contributed by atoms with van der Waals surface area (Å²) in [6.45, 7) is 4.66. The Morgan fingerprint density at radius 2 is 1.77 bits per heavy atom. The molecule has 26 heavy (non-hydrogen) atoms. The largest absolute Gasteiger partial charge is 0.335 e. The molecule has 1 saturated carbocycles. The summed E-state index contributed by atoms with van der Waals surface area (Å²) >= 11 is 0. The highest BCUT2D eigenvalue weighted by Crippen LogP contribution is 2.25. The fraction of sp³-hybridized carbons (Fsp3) is 0.632. The monoisotopic (exact) mass is 379 g/mol. The Morgan fingerprint density at radius 3 is 2.38 bits per heavy atom. The first-order valence-corrected chi connectivity index (χ1v) is 11.1. The van der Waals surface area contributed by atoms with Crippen LogP contribution in [0.5, 0.6) is 0 Å². The van der Waals surface area contributed by atoms with Crippen LogP contribution in [0.3, 0.4) is 0 Å². The number of nitrogens with zero attached hydrogens (tertiary/aromatic N) is 2. The summed E-state index contributed by atoms with van der Waals surface area (Å²) in [5, 5.41) is 3.17. The highest BCUT2D eigenvalue weighted by Gasteiger charge is 2.30. The molecule has 6 nitrogen and oxygen atoms in total. The maximum Gasteiger partial charge on any atom is 0.254 e. The van der Waals surface area contributed by atoms with Crippen molar-refractivity contribution in [3.05, 3.63) is 35.4 Å². The minimum absolute atomic E-state index is 0.00109. The van der Waals surface area contributed by atoms with Crippen molar-refractivity contribution in [2.75, 3.05) is 38.5 Å². The van der Waals surface area contributed by atoms with Gasteiger partial charge in [-0.25, -0.2) is 8.42 Å². The van der Waals surface area contributed by atoms with Crippen molar-refractivity contribution in [2.24, 2.45) is 0 Å². The lowest BCUT2D eigenvalue weighted by Crippen LogP contribution is -2.49. The van der Waals surface area contributed by atoms with E-state index in [1.807, 2.05) is 31.2 Å². The summed E-state index contributed by atoms with van der Waals surface area (Å²) < 4.78 is 26.9. The SMILES string of the molecule is Cc1ccc(C(=O)N(CCS(=O)(=O)N2CCNCC2)C2CCCC2)cc1. The number of benzene rings is 1. The first-order valence-electron chi connectivity index (χ1n) is 9.53. The topological polar surface area (TPSA) is 69.7 Å². The van der Waals surface area contributed by atoms with Gasteiger partial charge in [-0.2, -0.15) is 4.31 Å². The average Bonchev–Trinajstić information content (AvgIpc) is 3.17. The van der Waals surface area contributed by atoms with Crippen LogP contribution in [-0.4, -0.2) is 68.0 Å².